The van der Waals surface area contributed by atoms with Gasteiger partial charge in [0, 0.05) is 18.8 Å². The minimum atomic E-state index is -0.433. The highest BCUT2D eigenvalue weighted by molar-refractivity contribution is 5.44. The Morgan fingerprint density at radius 1 is 1.56 bits per heavy atom. The van der Waals surface area contributed by atoms with Crippen LogP contribution in [0.3, 0.4) is 0 Å². The monoisotopic (exact) mass is 251 g/mol. The van der Waals surface area contributed by atoms with Crippen molar-refractivity contribution < 1.29 is 10.0 Å². The molecule has 2 N–H and O–H groups in total. The summed E-state index contributed by atoms with van der Waals surface area (Å²) in [6, 6.07) is 2.80. The third-order valence-electron chi connectivity index (χ3n) is 3.28. The van der Waals surface area contributed by atoms with Gasteiger partial charge in [-0.2, -0.15) is 0 Å². The molecule has 2 atom stereocenters. The van der Waals surface area contributed by atoms with Gasteiger partial charge in [-0.3, -0.25) is 10.1 Å². The number of nitro groups is 1. The lowest BCUT2D eigenvalue weighted by atomic mass is 9.87. The normalized spacial score (nSPS) is 23.6. The molecule has 1 saturated carbocycles. The first-order valence-electron chi connectivity index (χ1n) is 6.17. The van der Waals surface area contributed by atoms with Crippen LogP contribution in [-0.4, -0.2) is 27.7 Å². The summed E-state index contributed by atoms with van der Waals surface area (Å²) in [7, 11) is 0. The molecular weight excluding hydrogens is 234 g/mol. The summed E-state index contributed by atoms with van der Waals surface area (Å²) in [6.45, 7) is 0.700. The zero-order valence-corrected chi connectivity index (χ0v) is 10.1. The molecule has 2 rings (SSSR count). The number of anilines is 1. The molecule has 98 valence electrons. The summed E-state index contributed by atoms with van der Waals surface area (Å²) < 4.78 is 0. The molecule has 1 aromatic heterocycles. The number of hydrogen-bond donors (Lipinski definition) is 2. The van der Waals surface area contributed by atoms with E-state index in [-0.39, 0.29) is 11.8 Å². The smallest absolute Gasteiger partial charge is 0.274 e. The number of aromatic nitrogens is 1. The Kier molecular flexibility index (Phi) is 4.09. The number of aliphatic hydroxyl groups excluding tert-OH is 1. The highest BCUT2D eigenvalue weighted by atomic mass is 16.6. The fraction of sp³-hybridized carbons (Fsp3) is 0.583. The average Bonchev–Trinajstić information content (AvgIpc) is 2.37. The van der Waals surface area contributed by atoms with E-state index in [2.05, 4.69) is 10.3 Å². The number of rotatable bonds is 4. The van der Waals surface area contributed by atoms with Crippen molar-refractivity contribution in [2.24, 2.45) is 5.92 Å². The Morgan fingerprint density at radius 3 is 3.11 bits per heavy atom. The van der Waals surface area contributed by atoms with Gasteiger partial charge < -0.3 is 10.4 Å². The molecular formula is C12H17N3O3. The molecule has 0 radical (unpaired) electrons. The van der Waals surface area contributed by atoms with Crippen LogP contribution in [0.1, 0.15) is 25.7 Å². The SMILES string of the molecule is O=[N+]([O-])c1ccnc(NCC2CCCC(O)C2)c1. The molecule has 0 aromatic carbocycles. The fourth-order valence-corrected chi connectivity index (χ4v) is 2.33. The molecule has 1 aliphatic carbocycles. The van der Waals surface area contributed by atoms with Crippen molar-refractivity contribution in [1.29, 1.82) is 0 Å². The van der Waals surface area contributed by atoms with Gasteiger partial charge >= 0.3 is 0 Å². The lowest BCUT2D eigenvalue weighted by molar-refractivity contribution is -0.384. The Labute approximate surface area is 105 Å². The second-order valence-corrected chi connectivity index (χ2v) is 4.72. The van der Waals surface area contributed by atoms with Crippen LogP contribution in [0.4, 0.5) is 11.5 Å². The van der Waals surface area contributed by atoms with E-state index in [0.717, 1.165) is 25.7 Å². The summed E-state index contributed by atoms with van der Waals surface area (Å²) in [5, 5.41) is 23.3. The standard InChI is InChI=1S/C12H17N3O3/c16-11-3-1-2-9(6-11)8-14-12-7-10(15(17)18)4-5-13-12/h4-5,7,9,11,16H,1-3,6,8H2,(H,13,14). The molecule has 6 nitrogen and oxygen atoms in total. The Hall–Kier alpha value is -1.69. The molecule has 1 aliphatic rings. The Bertz CT molecular complexity index is 425. The van der Waals surface area contributed by atoms with E-state index in [4.69, 9.17) is 0 Å². The summed E-state index contributed by atoms with van der Waals surface area (Å²) in [4.78, 5) is 14.2. The molecule has 18 heavy (non-hydrogen) atoms. The lowest BCUT2D eigenvalue weighted by Gasteiger charge is -2.25. The predicted molar refractivity (Wildman–Crippen MR) is 67.3 cm³/mol. The van der Waals surface area contributed by atoms with Gasteiger partial charge in [-0.15, -0.1) is 0 Å². The van der Waals surface area contributed by atoms with E-state index in [0.29, 0.717) is 18.3 Å². The number of pyridine rings is 1. The van der Waals surface area contributed by atoms with E-state index >= 15 is 0 Å². The van der Waals surface area contributed by atoms with Gasteiger partial charge in [-0.1, -0.05) is 6.42 Å². The topological polar surface area (TPSA) is 88.3 Å². The quantitative estimate of drug-likeness (QED) is 0.630. The number of nitrogens with one attached hydrogen (secondary N) is 1. The molecule has 0 spiro atoms. The number of aliphatic hydroxyl groups is 1. The van der Waals surface area contributed by atoms with Crippen molar-refractivity contribution in [3.8, 4) is 0 Å². The van der Waals surface area contributed by atoms with Gasteiger partial charge in [-0.25, -0.2) is 4.98 Å². The van der Waals surface area contributed by atoms with Crippen LogP contribution in [0.15, 0.2) is 18.3 Å². The van der Waals surface area contributed by atoms with E-state index in [1.807, 2.05) is 0 Å². The van der Waals surface area contributed by atoms with E-state index in [9.17, 15) is 15.2 Å². The maximum Gasteiger partial charge on any atom is 0.274 e. The summed E-state index contributed by atoms with van der Waals surface area (Å²) >= 11 is 0. The maximum absolute atomic E-state index is 10.6. The van der Waals surface area contributed by atoms with Crippen LogP contribution in [0.2, 0.25) is 0 Å². The van der Waals surface area contributed by atoms with Crippen molar-refractivity contribution in [3.05, 3.63) is 28.4 Å². The van der Waals surface area contributed by atoms with Gasteiger partial charge in [0.25, 0.3) is 5.69 Å². The summed E-state index contributed by atoms with van der Waals surface area (Å²) in [6.07, 6.45) is 5.02. The van der Waals surface area contributed by atoms with Crippen LogP contribution in [0, 0.1) is 16.0 Å². The van der Waals surface area contributed by atoms with Crippen molar-refractivity contribution in [3.63, 3.8) is 0 Å². The van der Waals surface area contributed by atoms with Crippen LogP contribution in [0.5, 0.6) is 0 Å². The Balaban J connectivity index is 1.89. The first-order valence-corrected chi connectivity index (χ1v) is 6.17. The summed E-state index contributed by atoms with van der Waals surface area (Å²) in [5.74, 6) is 0.930. The predicted octanol–water partition coefficient (Wildman–Crippen LogP) is 1.95. The molecule has 0 aliphatic heterocycles. The zero-order chi connectivity index (χ0) is 13.0. The van der Waals surface area contributed by atoms with Crippen LogP contribution < -0.4 is 5.32 Å². The van der Waals surface area contributed by atoms with Gasteiger partial charge in [0.05, 0.1) is 17.1 Å². The van der Waals surface area contributed by atoms with Crippen LogP contribution >= 0.6 is 0 Å². The molecule has 0 bridgehead atoms. The van der Waals surface area contributed by atoms with Crippen LogP contribution in [-0.2, 0) is 0 Å². The van der Waals surface area contributed by atoms with Crippen LogP contribution in [0.25, 0.3) is 0 Å². The average molecular weight is 251 g/mol. The van der Waals surface area contributed by atoms with Crippen molar-refractivity contribution >= 4 is 11.5 Å². The highest BCUT2D eigenvalue weighted by Gasteiger charge is 2.20. The first kappa shape index (κ1) is 12.8. The minimum Gasteiger partial charge on any atom is -0.393 e. The van der Waals surface area contributed by atoms with Gasteiger partial charge in [0.15, 0.2) is 0 Å². The van der Waals surface area contributed by atoms with E-state index < -0.39 is 4.92 Å². The molecule has 1 heterocycles. The van der Waals surface area contributed by atoms with E-state index in [1.54, 1.807) is 0 Å². The number of hydrogen-bond acceptors (Lipinski definition) is 5. The highest BCUT2D eigenvalue weighted by Crippen LogP contribution is 2.24. The molecule has 1 fully saturated rings. The van der Waals surface area contributed by atoms with Crippen molar-refractivity contribution in [2.75, 3.05) is 11.9 Å². The van der Waals surface area contributed by atoms with E-state index in [1.165, 1.54) is 18.3 Å². The fourth-order valence-electron chi connectivity index (χ4n) is 2.33. The van der Waals surface area contributed by atoms with Crippen molar-refractivity contribution in [1.82, 2.24) is 4.98 Å². The molecule has 0 saturated heterocycles. The third-order valence-corrected chi connectivity index (χ3v) is 3.28. The molecule has 6 heteroatoms. The van der Waals surface area contributed by atoms with Gasteiger partial charge in [-0.05, 0) is 25.2 Å². The maximum atomic E-state index is 10.6. The minimum absolute atomic E-state index is 0.0381. The third kappa shape index (κ3) is 3.40. The molecule has 2 unspecified atom stereocenters. The zero-order valence-electron chi connectivity index (χ0n) is 10.1. The van der Waals surface area contributed by atoms with Crippen molar-refractivity contribution in [2.45, 2.75) is 31.8 Å². The lowest BCUT2D eigenvalue weighted by Crippen LogP contribution is -2.25. The second-order valence-electron chi connectivity index (χ2n) is 4.72. The largest absolute Gasteiger partial charge is 0.393 e. The second kappa shape index (κ2) is 5.77. The molecule has 1 aromatic rings. The van der Waals surface area contributed by atoms with Gasteiger partial charge in [0.1, 0.15) is 5.82 Å². The first-order chi connectivity index (χ1) is 8.65. The summed E-state index contributed by atoms with van der Waals surface area (Å²) in [5.41, 5.74) is 0.0381. The molecule has 0 amide bonds. The number of nitrogens with zero attached hydrogens (tertiary/aromatic N) is 2. The van der Waals surface area contributed by atoms with Gasteiger partial charge in [0.2, 0.25) is 0 Å². The Morgan fingerprint density at radius 2 is 2.39 bits per heavy atom.